The molecule has 0 aliphatic heterocycles. The number of aliphatic carboxylic acids is 1. The first kappa shape index (κ1) is 13.6. The van der Waals surface area contributed by atoms with E-state index in [-0.39, 0.29) is 30.0 Å². The molecule has 7 heteroatoms. The van der Waals surface area contributed by atoms with Crippen molar-refractivity contribution in [3.63, 3.8) is 0 Å². The number of Topliss-reactive ketones (excluding diaryl/α,β-unsaturated/α-hetero) is 1. The van der Waals surface area contributed by atoms with Gasteiger partial charge in [0.05, 0.1) is 11.3 Å². The first-order chi connectivity index (χ1) is 8.41. The molecule has 0 radical (unpaired) electrons. The molecule has 0 atom stereocenters. The zero-order chi connectivity index (χ0) is 13.7. The lowest BCUT2D eigenvalue weighted by Gasteiger charge is -2.08. The predicted octanol–water partition coefficient (Wildman–Crippen LogP) is 1.68. The maximum absolute atomic E-state index is 11.4. The highest BCUT2D eigenvalue weighted by Gasteiger charge is 2.13. The number of rotatable bonds is 6. The Morgan fingerprint density at radius 3 is 2.61 bits per heavy atom. The summed E-state index contributed by atoms with van der Waals surface area (Å²) < 4.78 is 0. The quantitative estimate of drug-likeness (QED) is 0.453. The number of non-ortho nitro benzene ring substituents is 1. The highest BCUT2D eigenvalue weighted by Crippen LogP contribution is 2.22. The van der Waals surface area contributed by atoms with E-state index in [9.17, 15) is 19.7 Å². The van der Waals surface area contributed by atoms with Crippen LogP contribution in [0.1, 0.15) is 23.7 Å². The van der Waals surface area contributed by atoms with Gasteiger partial charge in [0, 0.05) is 29.9 Å². The van der Waals surface area contributed by atoms with Gasteiger partial charge in [0.2, 0.25) is 0 Å². The minimum absolute atomic E-state index is 0.103. The van der Waals surface area contributed by atoms with Crippen molar-refractivity contribution in [2.24, 2.45) is 0 Å². The molecule has 96 valence electrons. The number of nitro benzene ring substituents is 1. The minimum atomic E-state index is -0.964. The molecule has 0 amide bonds. The van der Waals surface area contributed by atoms with Crippen molar-refractivity contribution in [2.75, 3.05) is 11.9 Å². The second-order valence-electron chi connectivity index (χ2n) is 3.61. The second-order valence-corrected chi connectivity index (χ2v) is 3.61. The summed E-state index contributed by atoms with van der Waals surface area (Å²) in [6.07, 6.45) is -0.103. The summed E-state index contributed by atoms with van der Waals surface area (Å²) in [6, 6.07) is 3.83. The molecule has 0 aliphatic carbocycles. The number of nitro groups is 1. The van der Waals surface area contributed by atoms with Crippen LogP contribution in [0.25, 0.3) is 0 Å². The summed E-state index contributed by atoms with van der Waals surface area (Å²) in [5.74, 6) is -1.29. The number of carboxylic acid groups (broad SMARTS) is 1. The third-order valence-electron chi connectivity index (χ3n) is 2.25. The van der Waals surface area contributed by atoms with Crippen molar-refractivity contribution in [1.82, 2.24) is 0 Å². The van der Waals surface area contributed by atoms with E-state index in [4.69, 9.17) is 5.11 Å². The van der Waals surface area contributed by atoms with Crippen LogP contribution < -0.4 is 5.32 Å². The summed E-state index contributed by atoms with van der Waals surface area (Å²) >= 11 is 0. The molecular weight excluding hydrogens is 240 g/mol. The maximum atomic E-state index is 11.4. The minimum Gasteiger partial charge on any atom is -0.481 e. The van der Waals surface area contributed by atoms with Crippen LogP contribution in [-0.2, 0) is 4.79 Å². The van der Waals surface area contributed by atoms with Crippen molar-refractivity contribution >= 4 is 23.1 Å². The fraction of sp³-hybridized carbons (Fsp3) is 0.273. The SMILES string of the molecule is CC(=O)c1cc([N+](=O)[O-])ccc1NCCC(=O)O. The summed E-state index contributed by atoms with van der Waals surface area (Å²) in [5.41, 5.74) is 0.396. The number of hydrogen-bond acceptors (Lipinski definition) is 5. The molecule has 0 aromatic heterocycles. The first-order valence-corrected chi connectivity index (χ1v) is 5.17. The standard InChI is InChI=1S/C11H12N2O5/c1-7(14)9-6-8(13(17)18)2-3-10(9)12-5-4-11(15)16/h2-3,6,12H,4-5H2,1H3,(H,15,16). The molecule has 0 saturated heterocycles. The Hall–Kier alpha value is -2.44. The molecule has 0 heterocycles. The lowest BCUT2D eigenvalue weighted by atomic mass is 10.1. The Bertz CT molecular complexity index is 498. The van der Waals surface area contributed by atoms with Crippen molar-refractivity contribution in [3.05, 3.63) is 33.9 Å². The van der Waals surface area contributed by atoms with E-state index in [0.29, 0.717) is 5.69 Å². The van der Waals surface area contributed by atoms with Gasteiger partial charge >= 0.3 is 5.97 Å². The number of anilines is 1. The largest absolute Gasteiger partial charge is 0.481 e. The zero-order valence-electron chi connectivity index (χ0n) is 9.67. The Morgan fingerprint density at radius 1 is 1.44 bits per heavy atom. The zero-order valence-corrected chi connectivity index (χ0v) is 9.67. The van der Waals surface area contributed by atoms with Gasteiger partial charge in [0.15, 0.2) is 5.78 Å². The smallest absolute Gasteiger partial charge is 0.305 e. The summed E-state index contributed by atoms with van der Waals surface area (Å²) in [5, 5.41) is 21.8. The summed E-state index contributed by atoms with van der Waals surface area (Å²) in [6.45, 7) is 1.44. The molecule has 0 fully saturated rings. The van der Waals surface area contributed by atoms with E-state index >= 15 is 0 Å². The Morgan fingerprint density at radius 2 is 2.11 bits per heavy atom. The molecular formula is C11H12N2O5. The molecule has 2 N–H and O–H groups in total. The number of nitrogens with zero attached hydrogens (tertiary/aromatic N) is 1. The monoisotopic (exact) mass is 252 g/mol. The highest BCUT2D eigenvalue weighted by atomic mass is 16.6. The van der Waals surface area contributed by atoms with Gasteiger partial charge in [-0.3, -0.25) is 19.7 Å². The number of carboxylic acids is 1. The molecule has 1 aromatic carbocycles. The van der Waals surface area contributed by atoms with E-state index in [2.05, 4.69) is 5.32 Å². The number of hydrogen-bond donors (Lipinski definition) is 2. The lowest BCUT2D eigenvalue weighted by Crippen LogP contribution is -2.10. The molecule has 0 saturated carbocycles. The molecule has 0 aliphatic rings. The van der Waals surface area contributed by atoms with Crippen LogP contribution in [0.15, 0.2) is 18.2 Å². The van der Waals surface area contributed by atoms with Gasteiger partial charge in [-0.15, -0.1) is 0 Å². The fourth-order valence-corrected chi connectivity index (χ4v) is 1.40. The van der Waals surface area contributed by atoms with Crippen LogP contribution in [0.3, 0.4) is 0 Å². The fourth-order valence-electron chi connectivity index (χ4n) is 1.40. The van der Waals surface area contributed by atoms with Crippen LogP contribution >= 0.6 is 0 Å². The predicted molar refractivity (Wildman–Crippen MR) is 63.8 cm³/mol. The highest BCUT2D eigenvalue weighted by molar-refractivity contribution is 6.00. The van der Waals surface area contributed by atoms with Gasteiger partial charge in [0.1, 0.15) is 0 Å². The van der Waals surface area contributed by atoms with Crippen LogP contribution in [0, 0.1) is 10.1 Å². The Kier molecular flexibility index (Phi) is 4.36. The number of carbonyl (C=O) groups excluding carboxylic acids is 1. The second kappa shape index (κ2) is 5.76. The van der Waals surface area contributed by atoms with Crippen LogP contribution in [-0.4, -0.2) is 28.3 Å². The third kappa shape index (κ3) is 3.55. The van der Waals surface area contributed by atoms with E-state index in [1.54, 1.807) is 0 Å². The average Bonchev–Trinajstić information content (AvgIpc) is 2.28. The molecule has 18 heavy (non-hydrogen) atoms. The molecule has 0 unspecified atom stereocenters. The molecule has 0 spiro atoms. The molecule has 1 rings (SSSR count). The van der Waals surface area contributed by atoms with E-state index in [0.717, 1.165) is 0 Å². The maximum Gasteiger partial charge on any atom is 0.305 e. The van der Waals surface area contributed by atoms with Crippen molar-refractivity contribution in [1.29, 1.82) is 0 Å². The van der Waals surface area contributed by atoms with Crippen molar-refractivity contribution < 1.29 is 19.6 Å². The number of carbonyl (C=O) groups is 2. The molecule has 1 aromatic rings. The normalized spacial score (nSPS) is 9.83. The number of benzene rings is 1. The van der Waals surface area contributed by atoms with Gasteiger partial charge in [-0.1, -0.05) is 0 Å². The van der Waals surface area contributed by atoms with Gasteiger partial charge in [0.25, 0.3) is 5.69 Å². The molecule has 0 bridgehead atoms. The van der Waals surface area contributed by atoms with E-state index < -0.39 is 10.9 Å². The first-order valence-electron chi connectivity index (χ1n) is 5.17. The number of ketones is 1. The van der Waals surface area contributed by atoms with E-state index in [1.807, 2.05) is 0 Å². The summed E-state index contributed by atoms with van der Waals surface area (Å²) in [7, 11) is 0. The van der Waals surface area contributed by atoms with Crippen molar-refractivity contribution in [2.45, 2.75) is 13.3 Å². The van der Waals surface area contributed by atoms with Crippen molar-refractivity contribution in [3.8, 4) is 0 Å². The summed E-state index contributed by atoms with van der Waals surface area (Å²) in [4.78, 5) is 31.7. The molecule has 7 nitrogen and oxygen atoms in total. The van der Waals surface area contributed by atoms with Crippen LogP contribution in [0.5, 0.6) is 0 Å². The average molecular weight is 252 g/mol. The lowest BCUT2D eigenvalue weighted by molar-refractivity contribution is -0.384. The van der Waals surface area contributed by atoms with Crippen LogP contribution in [0.2, 0.25) is 0 Å². The topological polar surface area (TPSA) is 110 Å². The van der Waals surface area contributed by atoms with Gasteiger partial charge in [-0.2, -0.15) is 0 Å². The van der Waals surface area contributed by atoms with Gasteiger partial charge in [-0.05, 0) is 13.0 Å². The Balaban J connectivity index is 2.93. The third-order valence-corrected chi connectivity index (χ3v) is 2.25. The van der Waals surface area contributed by atoms with E-state index in [1.165, 1.54) is 25.1 Å². The van der Waals surface area contributed by atoms with Gasteiger partial charge < -0.3 is 10.4 Å². The number of nitrogens with one attached hydrogen (secondary N) is 1. The Labute approximate surface area is 103 Å². The van der Waals surface area contributed by atoms with Crippen LogP contribution in [0.4, 0.5) is 11.4 Å². The van der Waals surface area contributed by atoms with Gasteiger partial charge in [-0.25, -0.2) is 0 Å².